The molecule has 0 unspecified atom stereocenters. The van der Waals surface area contributed by atoms with Crippen LogP contribution < -0.4 is 15.1 Å². The minimum absolute atomic E-state index is 0.381. The second kappa shape index (κ2) is 11.3. The average Bonchev–Trinajstić information content (AvgIpc) is 2.67. The molecule has 4 heteroatoms. The highest BCUT2D eigenvalue weighted by Crippen LogP contribution is 2.31. The van der Waals surface area contributed by atoms with E-state index in [1.807, 2.05) is 6.07 Å². The third-order valence-corrected chi connectivity index (χ3v) is 4.70. The standard InChI is InChI=1S/C25H32O4/c1-18(2)8-6-9-19(3)10-7-11-20(4)14-15-28-24-17-22-21(16-23(24)27-5)12-13-25(26)29-22/h8,10,12-14,16-17H,6-7,9,11,15H2,1-5H3. The van der Waals surface area contributed by atoms with Gasteiger partial charge < -0.3 is 13.9 Å². The highest BCUT2D eigenvalue weighted by atomic mass is 16.5. The van der Waals surface area contributed by atoms with Gasteiger partial charge in [-0.1, -0.05) is 28.9 Å². The molecule has 0 radical (unpaired) electrons. The van der Waals surface area contributed by atoms with Gasteiger partial charge in [-0.15, -0.1) is 0 Å². The van der Waals surface area contributed by atoms with Crippen LogP contribution in [0.3, 0.4) is 0 Å². The van der Waals surface area contributed by atoms with Crippen molar-refractivity contribution in [2.45, 2.75) is 53.4 Å². The minimum atomic E-state index is -0.381. The smallest absolute Gasteiger partial charge is 0.336 e. The van der Waals surface area contributed by atoms with E-state index in [2.05, 4.69) is 45.9 Å². The normalized spacial score (nSPS) is 12.2. The summed E-state index contributed by atoms with van der Waals surface area (Å²) in [4.78, 5) is 11.4. The van der Waals surface area contributed by atoms with Gasteiger partial charge in [0, 0.05) is 17.5 Å². The van der Waals surface area contributed by atoms with Gasteiger partial charge in [-0.3, -0.25) is 0 Å². The number of allylic oxidation sites excluding steroid dienone is 5. The monoisotopic (exact) mass is 396 g/mol. The summed E-state index contributed by atoms with van der Waals surface area (Å²) in [5, 5.41) is 0.798. The maximum Gasteiger partial charge on any atom is 0.336 e. The number of rotatable bonds is 10. The molecule has 0 N–H and O–H groups in total. The lowest BCUT2D eigenvalue weighted by Gasteiger charge is -2.10. The van der Waals surface area contributed by atoms with Crippen LogP contribution in [0, 0.1) is 0 Å². The van der Waals surface area contributed by atoms with Gasteiger partial charge in [-0.05, 0) is 71.6 Å². The van der Waals surface area contributed by atoms with Gasteiger partial charge in [0.15, 0.2) is 11.5 Å². The van der Waals surface area contributed by atoms with Crippen molar-refractivity contribution in [3.8, 4) is 11.5 Å². The molecular weight excluding hydrogens is 364 g/mol. The van der Waals surface area contributed by atoms with Crippen LogP contribution in [0.2, 0.25) is 0 Å². The Morgan fingerprint density at radius 2 is 1.62 bits per heavy atom. The summed E-state index contributed by atoms with van der Waals surface area (Å²) < 4.78 is 16.5. The first-order valence-corrected chi connectivity index (χ1v) is 10.1. The molecule has 0 aliphatic heterocycles. The Balaban J connectivity index is 1.90. The molecule has 0 saturated carbocycles. The lowest BCUT2D eigenvalue weighted by Crippen LogP contribution is -1.99. The van der Waals surface area contributed by atoms with Gasteiger partial charge in [-0.25, -0.2) is 4.79 Å². The van der Waals surface area contributed by atoms with Crippen LogP contribution in [-0.4, -0.2) is 13.7 Å². The van der Waals surface area contributed by atoms with Crippen LogP contribution >= 0.6 is 0 Å². The highest BCUT2D eigenvalue weighted by molar-refractivity contribution is 5.80. The molecule has 0 aliphatic rings. The van der Waals surface area contributed by atoms with Crippen molar-refractivity contribution < 1.29 is 13.9 Å². The molecule has 0 spiro atoms. The number of fused-ring (bicyclic) bond motifs is 1. The highest BCUT2D eigenvalue weighted by Gasteiger charge is 2.08. The van der Waals surface area contributed by atoms with Crippen molar-refractivity contribution in [2.24, 2.45) is 0 Å². The first kappa shape index (κ1) is 22.5. The van der Waals surface area contributed by atoms with E-state index in [0.717, 1.165) is 31.1 Å². The molecule has 4 nitrogen and oxygen atoms in total. The van der Waals surface area contributed by atoms with Crippen molar-refractivity contribution in [1.29, 1.82) is 0 Å². The number of ether oxygens (including phenoxy) is 2. The summed E-state index contributed by atoms with van der Waals surface area (Å²) >= 11 is 0. The average molecular weight is 397 g/mol. The Morgan fingerprint density at radius 3 is 2.31 bits per heavy atom. The van der Waals surface area contributed by atoms with Gasteiger partial charge in [0.25, 0.3) is 0 Å². The van der Waals surface area contributed by atoms with E-state index < -0.39 is 0 Å². The molecule has 1 aromatic carbocycles. The summed E-state index contributed by atoms with van der Waals surface area (Å²) in [6, 6.07) is 6.63. The second-order valence-corrected chi connectivity index (χ2v) is 7.57. The maximum atomic E-state index is 11.4. The Hall–Kier alpha value is -2.75. The molecule has 0 atom stereocenters. The number of methoxy groups -OCH3 is 1. The lowest BCUT2D eigenvalue weighted by molar-refractivity contribution is 0.325. The van der Waals surface area contributed by atoms with E-state index in [-0.39, 0.29) is 5.63 Å². The van der Waals surface area contributed by atoms with Crippen molar-refractivity contribution in [2.75, 3.05) is 13.7 Å². The van der Waals surface area contributed by atoms with Gasteiger partial charge in [0.05, 0.1) is 7.11 Å². The van der Waals surface area contributed by atoms with Gasteiger partial charge in [-0.2, -0.15) is 0 Å². The van der Waals surface area contributed by atoms with Crippen LogP contribution in [0.15, 0.2) is 68.4 Å². The SMILES string of the molecule is COc1cc2ccc(=O)oc2cc1OCC=C(C)CCC=C(C)CCC=C(C)C. The van der Waals surface area contributed by atoms with Crippen LogP contribution in [0.1, 0.15) is 53.4 Å². The molecule has 2 aromatic rings. The van der Waals surface area contributed by atoms with E-state index in [9.17, 15) is 4.79 Å². The zero-order valence-electron chi connectivity index (χ0n) is 18.2. The third kappa shape index (κ3) is 7.65. The topological polar surface area (TPSA) is 48.7 Å². The Labute approximate surface area is 173 Å². The molecule has 0 amide bonds. The van der Waals surface area contributed by atoms with Gasteiger partial charge in [0.1, 0.15) is 12.2 Å². The molecule has 0 aliphatic carbocycles. The predicted molar refractivity (Wildman–Crippen MR) is 120 cm³/mol. The third-order valence-electron chi connectivity index (χ3n) is 4.70. The van der Waals surface area contributed by atoms with E-state index >= 15 is 0 Å². The van der Waals surface area contributed by atoms with Crippen LogP contribution in [0.4, 0.5) is 0 Å². The molecule has 2 rings (SSSR count). The Morgan fingerprint density at radius 1 is 0.931 bits per heavy atom. The fourth-order valence-electron chi connectivity index (χ4n) is 2.96. The molecule has 0 bridgehead atoms. The van der Waals surface area contributed by atoms with E-state index in [1.54, 1.807) is 19.2 Å². The zero-order chi connectivity index (χ0) is 21.2. The number of hydrogen-bond acceptors (Lipinski definition) is 4. The van der Waals surface area contributed by atoms with Crippen LogP contribution in [0.25, 0.3) is 11.0 Å². The first-order valence-electron chi connectivity index (χ1n) is 10.1. The lowest BCUT2D eigenvalue weighted by atomic mass is 10.1. The zero-order valence-corrected chi connectivity index (χ0v) is 18.2. The van der Waals surface area contributed by atoms with Gasteiger partial charge >= 0.3 is 5.63 Å². The van der Waals surface area contributed by atoms with Crippen molar-refractivity contribution in [3.05, 3.63) is 69.6 Å². The minimum Gasteiger partial charge on any atom is -0.493 e. The quantitative estimate of drug-likeness (QED) is 0.335. The second-order valence-electron chi connectivity index (χ2n) is 7.57. The largest absolute Gasteiger partial charge is 0.493 e. The van der Waals surface area contributed by atoms with Crippen molar-refractivity contribution in [3.63, 3.8) is 0 Å². The van der Waals surface area contributed by atoms with E-state index in [0.29, 0.717) is 23.7 Å². The molecule has 1 aromatic heterocycles. The molecular formula is C25H32O4. The Kier molecular flexibility index (Phi) is 8.78. The fourth-order valence-corrected chi connectivity index (χ4v) is 2.96. The predicted octanol–water partition coefficient (Wildman–Crippen LogP) is 6.60. The van der Waals surface area contributed by atoms with Crippen molar-refractivity contribution in [1.82, 2.24) is 0 Å². The number of hydrogen-bond donors (Lipinski definition) is 0. The summed E-state index contributed by atoms with van der Waals surface area (Å²) in [6.07, 6.45) is 11.0. The summed E-state index contributed by atoms with van der Waals surface area (Å²) in [5.74, 6) is 1.18. The molecule has 156 valence electrons. The number of benzene rings is 1. The summed E-state index contributed by atoms with van der Waals surface area (Å²) in [5.41, 5.74) is 4.21. The molecule has 29 heavy (non-hydrogen) atoms. The van der Waals surface area contributed by atoms with E-state index in [4.69, 9.17) is 13.9 Å². The molecule has 0 saturated heterocycles. The van der Waals surface area contributed by atoms with Crippen LogP contribution in [-0.2, 0) is 0 Å². The first-order chi connectivity index (χ1) is 13.9. The molecule has 0 fully saturated rings. The summed E-state index contributed by atoms with van der Waals surface area (Å²) in [7, 11) is 1.60. The molecule has 1 heterocycles. The van der Waals surface area contributed by atoms with Gasteiger partial charge in [0.2, 0.25) is 0 Å². The fraction of sp³-hybridized carbons (Fsp3) is 0.400. The Bertz CT molecular complexity index is 956. The summed E-state index contributed by atoms with van der Waals surface area (Å²) in [6.45, 7) is 9.03. The maximum absolute atomic E-state index is 11.4. The van der Waals surface area contributed by atoms with Crippen molar-refractivity contribution >= 4 is 11.0 Å². The van der Waals surface area contributed by atoms with Crippen LogP contribution in [0.5, 0.6) is 11.5 Å². The van der Waals surface area contributed by atoms with E-state index in [1.165, 1.54) is 22.8 Å².